The normalized spacial score (nSPS) is 13.4. The van der Waals surface area contributed by atoms with E-state index in [1.54, 1.807) is 6.26 Å². The van der Waals surface area contributed by atoms with Crippen molar-refractivity contribution in [2.75, 3.05) is 5.73 Å². The SMILES string of the molecule is C=C1/C=C\C=C/Oc2ccc(-c3ccccc3)cc21.C=CCC1C=C1.CC.Nc1ccc(-c2ccc3c(c2)c2ccccc2n3-c2ccc(-c3ccccc3)cc2)cc1. The highest BCUT2D eigenvalue weighted by atomic mass is 16.5. The Bertz CT molecular complexity index is 2750. The molecule has 0 saturated carbocycles. The summed E-state index contributed by atoms with van der Waals surface area (Å²) in [7, 11) is 0. The molecular formula is C56H50N2O. The minimum atomic E-state index is 0.780. The molecule has 7 aromatic carbocycles. The highest BCUT2D eigenvalue weighted by Crippen LogP contribution is 2.36. The summed E-state index contributed by atoms with van der Waals surface area (Å²) in [6, 6.07) is 59.2. The van der Waals surface area contributed by atoms with Crippen molar-refractivity contribution in [3.63, 3.8) is 0 Å². The number of rotatable bonds is 6. The van der Waals surface area contributed by atoms with E-state index in [9.17, 15) is 0 Å². The Morgan fingerprint density at radius 1 is 0.576 bits per heavy atom. The van der Waals surface area contributed by atoms with Gasteiger partial charge in [-0.15, -0.1) is 6.58 Å². The minimum absolute atomic E-state index is 0.780. The second-order valence-electron chi connectivity index (χ2n) is 14.1. The molecular weight excluding hydrogens is 717 g/mol. The van der Waals surface area contributed by atoms with Gasteiger partial charge < -0.3 is 15.0 Å². The highest BCUT2D eigenvalue weighted by Gasteiger charge is 2.14. The third-order valence-corrected chi connectivity index (χ3v) is 10.2. The molecule has 0 fully saturated rings. The summed E-state index contributed by atoms with van der Waals surface area (Å²) in [5.74, 6) is 1.62. The highest BCUT2D eigenvalue weighted by molar-refractivity contribution is 6.10. The zero-order valence-corrected chi connectivity index (χ0v) is 33.8. The summed E-state index contributed by atoms with van der Waals surface area (Å²) in [6.07, 6.45) is 14.9. The fourth-order valence-electron chi connectivity index (χ4n) is 7.08. The predicted molar refractivity (Wildman–Crippen MR) is 255 cm³/mol. The monoisotopic (exact) mass is 766 g/mol. The van der Waals surface area contributed by atoms with Gasteiger partial charge in [0.1, 0.15) is 5.75 Å². The van der Waals surface area contributed by atoms with Crippen LogP contribution in [0.3, 0.4) is 0 Å². The molecule has 0 bridgehead atoms. The molecule has 0 unspecified atom stereocenters. The van der Waals surface area contributed by atoms with Crippen LogP contribution in [0, 0.1) is 5.92 Å². The van der Waals surface area contributed by atoms with Crippen LogP contribution in [0.25, 0.3) is 66.4 Å². The summed E-state index contributed by atoms with van der Waals surface area (Å²) < 4.78 is 7.95. The molecule has 1 aliphatic heterocycles. The van der Waals surface area contributed by atoms with Crippen molar-refractivity contribution in [3.8, 4) is 44.8 Å². The minimum Gasteiger partial charge on any atom is -0.464 e. The fraction of sp³-hybridized carbons (Fsp3) is 0.0714. The number of benzene rings is 7. The first-order valence-corrected chi connectivity index (χ1v) is 20.3. The lowest BCUT2D eigenvalue weighted by atomic mass is 9.98. The number of hydrogen-bond acceptors (Lipinski definition) is 2. The van der Waals surface area contributed by atoms with E-state index in [1.807, 2.05) is 74.5 Å². The van der Waals surface area contributed by atoms with Crippen molar-refractivity contribution < 1.29 is 4.74 Å². The van der Waals surface area contributed by atoms with Crippen LogP contribution < -0.4 is 10.5 Å². The van der Waals surface area contributed by atoms with E-state index in [0.717, 1.165) is 40.6 Å². The fourth-order valence-corrected chi connectivity index (χ4v) is 7.08. The molecule has 3 heteroatoms. The van der Waals surface area contributed by atoms with E-state index in [4.69, 9.17) is 10.5 Å². The van der Waals surface area contributed by atoms with Gasteiger partial charge in [-0.05, 0) is 112 Å². The number of nitrogens with zero attached hydrogens (tertiary/aromatic N) is 1. The molecule has 1 aromatic heterocycles. The van der Waals surface area contributed by atoms with Crippen molar-refractivity contribution in [3.05, 3.63) is 231 Å². The van der Waals surface area contributed by atoms with Crippen LogP contribution in [0.1, 0.15) is 25.8 Å². The average Bonchev–Trinajstić information content (AvgIpc) is 4.06. The smallest absolute Gasteiger partial charge is 0.134 e. The number of fused-ring (bicyclic) bond motifs is 4. The molecule has 2 N–H and O–H groups in total. The van der Waals surface area contributed by atoms with Crippen molar-refractivity contribution in [2.45, 2.75) is 20.3 Å². The molecule has 0 radical (unpaired) electrons. The Hall–Kier alpha value is -7.36. The van der Waals surface area contributed by atoms with Gasteiger partial charge in [-0.25, -0.2) is 0 Å². The maximum atomic E-state index is 5.88. The largest absolute Gasteiger partial charge is 0.464 e. The number of anilines is 1. The third kappa shape index (κ3) is 9.61. The first-order chi connectivity index (χ1) is 29.1. The maximum absolute atomic E-state index is 5.88. The predicted octanol–water partition coefficient (Wildman–Crippen LogP) is 15.3. The number of para-hydroxylation sites is 1. The Labute approximate surface area is 349 Å². The molecule has 10 rings (SSSR count). The first kappa shape index (κ1) is 39.9. The standard InChI is InChI=1S/C30H22N2.C18H14O.C6H8.C2H6/c31-25-15-10-23(11-16-25)24-14-19-30-28(20-24)27-8-4-5-9-29(27)32(30)26-17-12-22(13-18-26)21-6-2-1-3-7-21;1-14-7-5-6-12-19-18-11-10-16(13-17(14)18)15-8-3-2-4-9-15;1-2-3-6-4-5-6;1-2/h1-20H,31H2;2-13H,1H2;2,4-6H,1,3H2;1-2H3/b;7-5-,12-6-;;. The van der Waals surface area contributed by atoms with Crippen molar-refractivity contribution >= 4 is 33.1 Å². The van der Waals surface area contributed by atoms with Crippen LogP contribution >= 0.6 is 0 Å². The van der Waals surface area contributed by atoms with Gasteiger partial charge >= 0.3 is 0 Å². The topological polar surface area (TPSA) is 40.2 Å². The third-order valence-electron chi connectivity index (χ3n) is 10.2. The number of nitrogen functional groups attached to an aromatic ring is 1. The lowest BCUT2D eigenvalue weighted by molar-refractivity contribution is 0.479. The van der Waals surface area contributed by atoms with Gasteiger partial charge in [0.05, 0.1) is 17.3 Å². The summed E-state index contributed by atoms with van der Waals surface area (Å²) in [5, 5.41) is 2.51. The molecule has 0 amide bonds. The molecule has 0 spiro atoms. The molecule has 3 nitrogen and oxygen atoms in total. The summed E-state index contributed by atoms with van der Waals surface area (Å²) >= 11 is 0. The van der Waals surface area contributed by atoms with Gasteiger partial charge in [0.25, 0.3) is 0 Å². The van der Waals surface area contributed by atoms with E-state index in [0.29, 0.717) is 0 Å². The second-order valence-corrected chi connectivity index (χ2v) is 14.1. The molecule has 0 saturated heterocycles. The number of nitrogens with two attached hydrogens (primary N) is 1. The van der Waals surface area contributed by atoms with Crippen LogP contribution in [0.4, 0.5) is 5.69 Å². The van der Waals surface area contributed by atoms with Gasteiger partial charge in [-0.3, -0.25) is 0 Å². The van der Waals surface area contributed by atoms with E-state index in [-0.39, 0.29) is 0 Å². The molecule has 59 heavy (non-hydrogen) atoms. The number of ether oxygens (including phenoxy) is 1. The molecule has 2 heterocycles. The summed E-state index contributed by atoms with van der Waals surface area (Å²) in [6.45, 7) is 11.7. The quantitative estimate of drug-likeness (QED) is 0.135. The van der Waals surface area contributed by atoms with E-state index < -0.39 is 0 Å². The van der Waals surface area contributed by atoms with Crippen LogP contribution in [0.5, 0.6) is 5.75 Å². The molecule has 1 aliphatic carbocycles. The van der Waals surface area contributed by atoms with Gasteiger partial charge in [-0.2, -0.15) is 0 Å². The zero-order chi connectivity index (χ0) is 41.0. The number of allylic oxidation sites excluding steroid dienone is 7. The average molecular weight is 767 g/mol. The van der Waals surface area contributed by atoms with Crippen molar-refractivity contribution in [1.82, 2.24) is 4.57 Å². The molecule has 0 atom stereocenters. The van der Waals surface area contributed by atoms with Crippen LogP contribution in [0.2, 0.25) is 0 Å². The van der Waals surface area contributed by atoms with Gasteiger partial charge in [0, 0.05) is 27.7 Å². The lowest BCUT2D eigenvalue weighted by Crippen LogP contribution is -1.93. The van der Waals surface area contributed by atoms with E-state index in [1.165, 1.54) is 55.2 Å². The van der Waals surface area contributed by atoms with Crippen LogP contribution in [0.15, 0.2) is 226 Å². The van der Waals surface area contributed by atoms with Gasteiger partial charge in [0.2, 0.25) is 0 Å². The maximum Gasteiger partial charge on any atom is 0.134 e. The van der Waals surface area contributed by atoms with Crippen molar-refractivity contribution in [1.29, 1.82) is 0 Å². The zero-order valence-electron chi connectivity index (χ0n) is 33.8. The van der Waals surface area contributed by atoms with E-state index >= 15 is 0 Å². The molecule has 2 aliphatic rings. The number of hydrogen-bond donors (Lipinski definition) is 1. The second kappa shape index (κ2) is 19.2. The van der Waals surface area contributed by atoms with Gasteiger partial charge in [-0.1, -0.05) is 166 Å². The lowest BCUT2D eigenvalue weighted by Gasteiger charge is -2.12. The Morgan fingerprint density at radius 2 is 1.12 bits per heavy atom. The Kier molecular flexibility index (Phi) is 13.0. The Morgan fingerprint density at radius 3 is 1.78 bits per heavy atom. The molecule has 290 valence electrons. The number of aromatic nitrogens is 1. The summed E-state index contributed by atoms with van der Waals surface area (Å²) in [4.78, 5) is 0. The van der Waals surface area contributed by atoms with E-state index in [2.05, 4.69) is 163 Å². The van der Waals surface area contributed by atoms with Crippen LogP contribution in [-0.4, -0.2) is 4.57 Å². The molecule has 8 aromatic rings. The Balaban J connectivity index is 0.000000165. The summed E-state index contributed by atoms with van der Waals surface area (Å²) in [5.41, 5.74) is 19.4. The van der Waals surface area contributed by atoms with Crippen molar-refractivity contribution in [2.24, 2.45) is 5.92 Å². The first-order valence-electron chi connectivity index (χ1n) is 20.3. The van der Waals surface area contributed by atoms with Crippen LogP contribution in [-0.2, 0) is 0 Å². The van der Waals surface area contributed by atoms with Gasteiger partial charge in [0.15, 0.2) is 0 Å².